The van der Waals surface area contributed by atoms with Gasteiger partial charge in [-0.25, -0.2) is 0 Å². The van der Waals surface area contributed by atoms with Crippen LogP contribution in [0.15, 0.2) is 54.6 Å². The molecular weight excluding hydrogens is 228 g/mol. The summed E-state index contributed by atoms with van der Waals surface area (Å²) in [6.07, 6.45) is 1.35. The molecule has 0 aromatic heterocycles. The van der Waals surface area contributed by atoms with E-state index in [1.807, 2.05) is 30.3 Å². The van der Waals surface area contributed by atoms with E-state index in [1.165, 1.54) is 0 Å². The average Bonchev–Trinajstić information content (AvgIpc) is 2.42. The van der Waals surface area contributed by atoms with Gasteiger partial charge in [-0.15, -0.1) is 0 Å². The first-order chi connectivity index (χ1) is 8.81. The molecule has 0 heterocycles. The van der Waals surface area contributed by atoms with Crippen molar-refractivity contribution in [3.63, 3.8) is 0 Å². The molecule has 3 heteroatoms. The van der Waals surface area contributed by atoms with Gasteiger partial charge in [0.15, 0.2) is 5.78 Å². The molecule has 2 aromatic carbocycles. The number of Topliss-reactive ketones (excluding diaryl/α,β-unsaturated/α-hetero) is 1. The van der Waals surface area contributed by atoms with Gasteiger partial charge in [-0.2, -0.15) is 4.58 Å². The fraction of sp³-hybridized carbons (Fsp3) is 0.0667. The number of benzene rings is 2. The smallest absolute Gasteiger partial charge is 0.349 e. The van der Waals surface area contributed by atoms with E-state index in [0.717, 1.165) is 11.8 Å². The topological polar surface area (TPSA) is 51.4 Å². The Bertz CT molecular complexity index is 559. The second kappa shape index (κ2) is 5.77. The molecule has 0 bridgehead atoms. The Morgan fingerprint density at radius 1 is 1.06 bits per heavy atom. The summed E-state index contributed by atoms with van der Waals surface area (Å²) in [4.78, 5) is 12.0. The minimum atomic E-state index is 0.0161. The molecule has 2 aromatic rings. The standard InChI is InChI=1S/C15H12O3/c16-15(12-6-2-1-3-7-12)10-13-8-4-5-9-14(13)11-18-17/h1-9,11H,10H2. The molecule has 0 aliphatic rings. The number of ketones is 1. The van der Waals surface area contributed by atoms with Gasteiger partial charge in [-0.3, -0.25) is 4.79 Å². The lowest BCUT2D eigenvalue weighted by Crippen LogP contribution is -2.06. The Morgan fingerprint density at radius 3 is 2.44 bits per heavy atom. The van der Waals surface area contributed by atoms with Crippen molar-refractivity contribution in [2.24, 2.45) is 0 Å². The third-order valence-corrected chi connectivity index (χ3v) is 2.68. The highest BCUT2D eigenvalue weighted by atomic mass is 17.1. The molecule has 0 aliphatic carbocycles. The number of aldehydes is 1. The van der Waals surface area contributed by atoms with Crippen LogP contribution in [0, 0.1) is 0 Å². The van der Waals surface area contributed by atoms with Gasteiger partial charge in [0.05, 0.1) is 5.56 Å². The number of carbonyl (C=O) groups excluding carboxylic acids is 2. The van der Waals surface area contributed by atoms with Crippen LogP contribution < -0.4 is 5.26 Å². The van der Waals surface area contributed by atoms with Crippen molar-refractivity contribution in [3.05, 3.63) is 71.3 Å². The van der Waals surface area contributed by atoms with Crippen molar-refractivity contribution in [1.29, 1.82) is 0 Å². The van der Waals surface area contributed by atoms with E-state index in [4.69, 9.17) is 0 Å². The zero-order valence-electron chi connectivity index (χ0n) is 9.71. The summed E-state index contributed by atoms with van der Waals surface area (Å²) in [5, 5.41) is 10.2. The fourth-order valence-corrected chi connectivity index (χ4v) is 1.76. The van der Waals surface area contributed by atoms with Crippen molar-refractivity contribution in [3.8, 4) is 0 Å². The first-order valence-corrected chi connectivity index (χ1v) is 5.59. The van der Waals surface area contributed by atoms with Crippen LogP contribution in [0.5, 0.6) is 0 Å². The first kappa shape index (κ1) is 12.0. The van der Waals surface area contributed by atoms with E-state index >= 15 is 0 Å². The summed E-state index contributed by atoms with van der Waals surface area (Å²) >= 11 is 0. The van der Waals surface area contributed by atoms with Crippen LogP contribution in [-0.2, 0) is 6.42 Å². The van der Waals surface area contributed by atoms with Crippen molar-refractivity contribution in [2.45, 2.75) is 6.42 Å². The highest BCUT2D eigenvalue weighted by Crippen LogP contribution is 2.11. The van der Waals surface area contributed by atoms with E-state index < -0.39 is 0 Å². The lowest BCUT2D eigenvalue weighted by molar-refractivity contribution is -0.935. The molecule has 2 rings (SSSR count). The Balaban J connectivity index is 2.22. The maximum atomic E-state index is 12.0. The normalized spacial score (nSPS) is 10.7. The van der Waals surface area contributed by atoms with Crippen molar-refractivity contribution < 1.29 is 14.6 Å². The van der Waals surface area contributed by atoms with Gasteiger partial charge in [0.25, 0.3) is 0 Å². The Morgan fingerprint density at radius 2 is 1.72 bits per heavy atom. The molecule has 0 saturated heterocycles. The second-order valence-electron chi connectivity index (χ2n) is 3.88. The SMILES string of the molecule is O=C(Cc1ccccc1C=[O+][O-])c1ccccc1. The number of carbonyl (C=O) groups is 1. The highest BCUT2D eigenvalue weighted by molar-refractivity contribution is 5.98. The monoisotopic (exact) mass is 240 g/mol. The van der Waals surface area contributed by atoms with Crippen LogP contribution >= 0.6 is 0 Å². The van der Waals surface area contributed by atoms with Gasteiger partial charge >= 0.3 is 6.29 Å². The predicted molar refractivity (Wildman–Crippen MR) is 66.3 cm³/mol. The number of hydrogen-bond acceptors (Lipinski definition) is 2. The summed E-state index contributed by atoms with van der Waals surface area (Å²) in [6, 6.07) is 16.2. The third kappa shape index (κ3) is 2.83. The van der Waals surface area contributed by atoms with Crippen LogP contribution in [0.2, 0.25) is 0 Å². The zero-order valence-corrected chi connectivity index (χ0v) is 9.71. The minimum absolute atomic E-state index is 0.0161. The maximum Gasteiger partial charge on any atom is 0.349 e. The lowest BCUT2D eigenvalue weighted by Gasteiger charge is -2.02. The lowest BCUT2D eigenvalue weighted by atomic mass is 9.99. The predicted octanol–water partition coefficient (Wildman–Crippen LogP) is 1.74. The second-order valence-corrected chi connectivity index (χ2v) is 3.88. The van der Waals surface area contributed by atoms with Gasteiger partial charge < -0.3 is 5.26 Å². The van der Waals surface area contributed by atoms with E-state index in [2.05, 4.69) is 4.58 Å². The minimum Gasteiger partial charge on any atom is -0.463 e. The van der Waals surface area contributed by atoms with E-state index in [-0.39, 0.29) is 12.2 Å². The van der Waals surface area contributed by atoms with E-state index in [9.17, 15) is 10.1 Å². The molecule has 0 saturated carbocycles. The van der Waals surface area contributed by atoms with Gasteiger partial charge in [0.2, 0.25) is 0 Å². The van der Waals surface area contributed by atoms with Crippen LogP contribution in [-0.4, -0.2) is 12.1 Å². The van der Waals surface area contributed by atoms with Crippen molar-refractivity contribution >= 4 is 12.1 Å². The highest BCUT2D eigenvalue weighted by Gasteiger charge is 2.10. The molecule has 0 atom stereocenters. The van der Waals surface area contributed by atoms with Gasteiger partial charge in [0.1, 0.15) is 0 Å². The summed E-state index contributed by atoms with van der Waals surface area (Å²) in [5.74, 6) is 0.0161. The molecule has 0 fully saturated rings. The Kier molecular flexibility index (Phi) is 3.86. The van der Waals surface area contributed by atoms with Crippen LogP contribution in [0.4, 0.5) is 0 Å². The molecule has 0 spiro atoms. The summed E-state index contributed by atoms with van der Waals surface area (Å²) in [7, 11) is 0. The number of rotatable bonds is 4. The van der Waals surface area contributed by atoms with E-state index in [0.29, 0.717) is 11.1 Å². The quantitative estimate of drug-likeness (QED) is 0.269. The molecule has 0 aliphatic heterocycles. The molecule has 90 valence electrons. The molecule has 3 nitrogen and oxygen atoms in total. The molecule has 0 N–H and O–H groups in total. The van der Waals surface area contributed by atoms with Gasteiger partial charge in [-0.05, 0) is 11.6 Å². The molecule has 0 unspecified atom stereocenters. The Hall–Kier alpha value is -2.42. The van der Waals surface area contributed by atoms with Crippen molar-refractivity contribution in [2.75, 3.05) is 0 Å². The molecule has 0 radical (unpaired) electrons. The molecule has 0 amide bonds. The first-order valence-electron chi connectivity index (χ1n) is 5.59. The van der Waals surface area contributed by atoms with Crippen LogP contribution in [0.1, 0.15) is 26.1 Å². The largest absolute Gasteiger partial charge is 0.463 e. The zero-order chi connectivity index (χ0) is 12.8. The summed E-state index contributed by atoms with van der Waals surface area (Å²) < 4.78 is 3.77. The Labute approximate surface area is 105 Å². The average molecular weight is 240 g/mol. The summed E-state index contributed by atoms with van der Waals surface area (Å²) in [5.41, 5.74) is 2.08. The van der Waals surface area contributed by atoms with Gasteiger partial charge in [-0.1, -0.05) is 48.5 Å². The molecular formula is C15H12O3. The van der Waals surface area contributed by atoms with Crippen molar-refractivity contribution in [1.82, 2.24) is 0 Å². The number of hydrogen-bond donors (Lipinski definition) is 0. The van der Waals surface area contributed by atoms with Gasteiger partial charge in [0, 0.05) is 12.0 Å². The summed E-state index contributed by atoms with van der Waals surface area (Å²) in [6.45, 7) is 0. The van der Waals surface area contributed by atoms with E-state index in [1.54, 1.807) is 24.3 Å². The fourth-order valence-electron chi connectivity index (χ4n) is 1.76. The molecule has 18 heavy (non-hydrogen) atoms. The third-order valence-electron chi connectivity index (χ3n) is 2.68. The van der Waals surface area contributed by atoms with Crippen LogP contribution in [0.25, 0.3) is 0 Å². The maximum absolute atomic E-state index is 12.0. The van der Waals surface area contributed by atoms with Crippen LogP contribution in [0.3, 0.4) is 0 Å².